The summed E-state index contributed by atoms with van der Waals surface area (Å²) in [6, 6.07) is 39.4. The van der Waals surface area contributed by atoms with E-state index in [-0.39, 0.29) is 16.4 Å². The number of fused-ring (bicyclic) bond motifs is 4. The van der Waals surface area contributed by atoms with Crippen molar-refractivity contribution in [3.05, 3.63) is 144 Å². The van der Waals surface area contributed by atoms with Crippen molar-refractivity contribution in [2.45, 2.75) is 66.1 Å². The molecule has 0 saturated heterocycles. The van der Waals surface area contributed by atoms with Gasteiger partial charge in [-0.05, 0) is 114 Å². The zero-order chi connectivity index (χ0) is 38.2. The molecule has 0 atom stereocenters. The lowest BCUT2D eigenvalue weighted by Gasteiger charge is -2.29. The van der Waals surface area contributed by atoms with Gasteiger partial charge in [-0.25, -0.2) is 4.98 Å². The molecule has 256 valence electrons. The summed E-state index contributed by atoms with van der Waals surface area (Å²) in [5.41, 5.74) is 10.5. The topological polar surface area (TPSA) is 33.5 Å². The normalized spacial score (nSPS) is 14.5. The van der Waals surface area contributed by atoms with Gasteiger partial charge in [-0.1, -0.05) is 77.9 Å². The van der Waals surface area contributed by atoms with Crippen LogP contribution >= 0.6 is 0 Å². The van der Waals surface area contributed by atoms with E-state index in [0.29, 0.717) is 24.0 Å². The Bertz CT molecular complexity index is 2520. The number of benzene rings is 5. The van der Waals surface area contributed by atoms with Crippen LogP contribution in [0, 0.1) is 13.8 Å². The molecule has 1 aliphatic heterocycles. The number of anilines is 4. The largest absolute Gasteiger partial charge is 0.457 e. The molecule has 0 amide bonds. The molecule has 0 saturated carbocycles. The minimum Gasteiger partial charge on any atom is -0.457 e. The van der Waals surface area contributed by atoms with Crippen molar-refractivity contribution in [3.8, 4) is 17.3 Å². The number of hydrogen-bond donors (Lipinski definition) is 0. The number of aryl methyl sites for hydroxylation is 2. The Kier molecular flexibility index (Phi) is 6.90. The van der Waals surface area contributed by atoms with Gasteiger partial charge in [-0.3, -0.25) is 4.57 Å². The average Bonchev–Trinajstić information content (AvgIpc) is 3.66. The Labute approximate surface area is 306 Å². The second-order valence-corrected chi connectivity index (χ2v) is 15.8. The Morgan fingerprint density at radius 2 is 1.33 bits per heavy atom. The van der Waals surface area contributed by atoms with Gasteiger partial charge in [0.15, 0.2) is 0 Å². The smallest absolute Gasteiger partial charge is 0.137 e. The molecule has 0 bridgehead atoms. The second-order valence-electron chi connectivity index (χ2n) is 15.8. The van der Waals surface area contributed by atoms with E-state index in [4.69, 9.17) is 8.85 Å². The molecule has 5 aromatic carbocycles. The first-order chi connectivity index (χ1) is 25.5. The quantitative estimate of drug-likeness (QED) is 0.182. The standard InChI is InChI=1S/C46H46N4O/c1-30-16-19-41-43(22-30)49(35-25-32(45(3,4)5)24-33(26-35)46(6,7)8)29-48(41)34-12-11-13-36(27-34)51-37-17-18-39-38-14-9-10-15-40(38)50(42(39)28-37)44-23-31(2)20-21-47-44/h9-28H,29H2,1-8H3/i2D3. The Morgan fingerprint density at radius 3 is 2.10 bits per heavy atom. The molecular weight excluding hydrogens is 625 g/mol. The number of hydrogen-bond acceptors (Lipinski definition) is 4. The van der Waals surface area contributed by atoms with E-state index in [9.17, 15) is 0 Å². The van der Waals surface area contributed by atoms with Crippen LogP contribution < -0.4 is 14.5 Å². The molecule has 3 heterocycles. The molecular formula is C46H46N4O. The zero-order valence-corrected chi connectivity index (χ0v) is 30.5. The number of nitrogens with zero attached hydrogens (tertiary/aromatic N) is 4. The van der Waals surface area contributed by atoms with E-state index >= 15 is 0 Å². The summed E-state index contributed by atoms with van der Waals surface area (Å²) in [7, 11) is 0. The predicted molar refractivity (Wildman–Crippen MR) is 214 cm³/mol. The van der Waals surface area contributed by atoms with E-state index in [0.717, 1.165) is 33.2 Å². The van der Waals surface area contributed by atoms with Crippen LogP contribution in [0.15, 0.2) is 121 Å². The molecule has 5 nitrogen and oxygen atoms in total. The van der Waals surface area contributed by atoms with Crippen molar-refractivity contribution in [3.63, 3.8) is 0 Å². The molecule has 0 unspecified atom stereocenters. The minimum atomic E-state index is -2.24. The third-order valence-corrected chi connectivity index (χ3v) is 9.94. The first kappa shape index (κ1) is 29.2. The van der Waals surface area contributed by atoms with Gasteiger partial charge >= 0.3 is 0 Å². The van der Waals surface area contributed by atoms with Gasteiger partial charge in [-0.2, -0.15) is 0 Å². The van der Waals surface area contributed by atoms with Crippen LogP contribution in [0.25, 0.3) is 27.6 Å². The Hall–Kier alpha value is -5.55. The van der Waals surface area contributed by atoms with Crippen molar-refractivity contribution < 1.29 is 8.85 Å². The van der Waals surface area contributed by atoms with Gasteiger partial charge in [0.25, 0.3) is 0 Å². The van der Waals surface area contributed by atoms with E-state index < -0.39 is 6.85 Å². The monoisotopic (exact) mass is 673 g/mol. The van der Waals surface area contributed by atoms with Gasteiger partial charge in [0.1, 0.15) is 24.0 Å². The van der Waals surface area contributed by atoms with Crippen LogP contribution in [0.5, 0.6) is 11.5 Å². The molecule has 51 heavy (non-hydrogen) atoms. The molecule has 0 radical (unpaired) electrons. The third-order valence-electron chi connectivity index (χ3n) is 9.94. The number of para-hydroxylation sites is 1. The SMILES string of the molecule is [2H]C([2H])([2H])c1ccnc(-n2c3ccccc3c3ccc(Oc4cccc(N5CN(c6cc(C(C)(C)C)cc(C(C)(C)C)c6)c6cc(C)ccc65)c4)cc32)c1. The highest BCUT2D eigenvalue weighted by Gasteiger charge is 2.30. The summed E-state index contributed by atoms with van der Waals surface area (Å²) < 4.78 is 32.6. The fraction of sp³-hybridized carbons (Fsp3) is 0.239. The Balaban J connectivity index is 1.17. The molecule has 8 rings (SSSR count). The van der Waals surface area contributed by atoms with Crippen LogP contribution in [0.3, 0.4) is 0 Å². The first-order valence-electron chi connectivity index (χ1n) is 19.1. The molecule has 5 heteroatoms. The van der Waals surface area contributed by atoms with Gasteiger partial charge in [-0.15, -0.1) is 0 Å². The van der Waals surface area contributed by atoms with Crippen molar-refractivity contribution in [1.82, 2.24) is 9.55 Å². The molecule has 2 aromatic heterocycles. The molecule has 0 N–H and O–H groups in total. The van der Waals surface area contributed by atoms with Crippen LogP contribution in [-0.4, -0.2) is 16.2 Å². The summed E-state index contributed by atoms with van der Waals surface area (Å²) in [5.74, 6) is 1.93. The lowest BCUT2D eigenvalue weighted by atomic mass is 9.80. The molecule has 7 aromatic rings. The van der Waals surface area contributed by atoms with E-state index in [1.165, 1.54) is 28.1 Å². The second kappa shape index (κ2) is 12.1. The van der Waals surface area contributed by atoms with E-state index in [2.05, 4.69) is 124 Å². The average molecular weight is 674 g/mol. The lowest BCUT2D eigenvalue weighted by Crippen LogP contribution is -2.25. The minimum absolute atomic E-state index is 0.00615. The van der Waals surface area contributed by atoms with Crippen molar-refractivity contribution >= 4 is 44.6 Å². The summed E-state index contributed by atoms with van der Waals surface area (Å²) >= 11 is 0. The predicted octanol–water partition coefficient (Wildman–Crippen LogP) is 12.4. The zero-order valence-electron chi connectivity index (χ0n) is 33.5. The number of ether oxygens (including phenoxy) is 1. The Morgan fingerprint density at radius 1 is 0.608 bits per heavy atom. The summed E-state index contributed by atoms with van der Waals surface area (Å²) in [4.78, 5) is 9.40. The van der Waals surface area contributed by atoms with Crippen LogP contribution in [0.1, 0.15) is 67.9 Å². The van der Waals surface area contributed by atoms with E-state index in [1.807, 2.05) is 47.0 Å². The molecule has 0 fully saturated rings. The van der Waals surface area contributed by atoms with Crippen molar-refractivity contribution in [2.75, 3.05) is 16.5 Å². The summed E-state index contributed by atoms with van der Waals surface area (Å²) in [5, 5.41) is 2.08. The molecule has 1 aliphatic rings. The fourth-order valence-electron chi connectivity index (χ4n) is 7.10. The highest BCUT2D eigenvalue weighted by atomic mass is 16.5. The number of pyridine rings is 1. The van der Waals surface area contributed by atoms with Gasteiger partial charge < -0.3 is 14.5 Å². The van der Waals surface area contributed by atoms with Crippen LogP contribution in [0.4, 0.5) is 22.7 Å². The number of aromatic nitrogens is 2. The lowest BCUT2D eigenvalue weighted by molar-refractivity contribution is 0.483. The first-order valence-corrected chi connectivity index (χ1v) is 17.6. The summed E-state index contributed by atoms with van der Waals surface area (Å²) in [6.07, 6.45) is 1.56. The van der Waals surface area contributed by atoms with Gasteiger partial charge in [0.2, 0.25) is 0 Å². The highest BCUT2D eigenvalue weighted by Crippen LogP contribution is 2.47. The highest BCUT2D eigenvalue weighted by molar-refractivity contribution is 6.09. The third kappa shape index (κ3) is 6.01. The summed E-state index contributed by atoms with van der Waals surface area (Å²) in [6.45, 7) is 14.3. The maximum Gasteiger partial charge on any atom is 0.137 e. The molecule has 0 aliphatic carbocycles. The van der Waals surface area contributed by atoms with Crippen LogP contribution in [0.2, 0.25) is 0 Å². The van der Waals surface area contributed by atoms with Crippen LogP contribution in [-0.2, 0) is 10.8 Å². The maximum absolute atomic E-state index is 8.00. The maximum atomic E-state index is 8.00. The number of rotatable bonds is 5. The van der Waals surface area contributed by atoms with Gasteiger partial charge in [0, 0.05) is 44.6 Å². The fourth-order valence-corrected chi connectivity index (χ4v) is 7.10. The molecule has 0 spiro atoms. The van der Waals surface area contributed by atoms with Crippen molar-refractivity contribution in [1.29, 1.82) is 0 Å². The van der Waals surface area contributed by atoms with Gasteiger partial charge in [0.05, 0.1) is 22.4 Å². The van der Waals surface area contributed by atoms with E-state index in [1.54, 1.807) is 18.3 Å². The van der Waals surface area contributed by atoms with Crippen molar-refractivity contribution in [2.24, 2.45) is 0 Å².